The van der Waals surface area contributed by atoms with Gasteiger partial charge in [-0.2, -0.15) is 4.98 Å². The van der Waals surface area contributed by atoms with E-state index >= 15 is 0 Å². The fourth-order valence-electron chi connectivity index (χ4n) is 1.84. The van der Waals surface area contributed by atoms with E-state index in [0.29, 0.717) is 24.9 Å². The predicted molar refractivity (Wildman–Crippen MR) is 77.7 cm³/mol. The third-order valence-electron chi connectivity index (χ3n) is 2.82. The average molecular weight is 353 g/mol. The molecule has 0 amide bonds. The number of aromatic nitrogens is 4. The number of methoxy groups -OCH3 is 1. The molecule has 3 aromatic rings. The van der Waals surface area contributed by atoms with Gasteiger partial charge < -0.3 is 14.0 Å². The minimum absolute atomic E-state index is 0.261. The normalized spacial score (nSPS) is 11.3. The maximum atomic E-state index is 5.35. The van der Waals surface area contributed by atoms with Crippen LogP contribution in [0.1, 0.15) is 5.89 Å². The molecular formula is C13H13BrN4O3. The van der Waals surface area contributed by atoms with Crippen LogP contribution in [0.25, 0.3) is 17.2 Å². The Morgan fingerprint density at radius 2 is 2.24 bits per heavy atom. The van der Waals surface area contributed by atoms with Crippen molar-refractivity contribution in [1.82, 2.24) is 19.5 Å². The first-order chi connectivity index (χ1) is 10.3. The maximum Gasteiger partial charge on any atom is 0.253 e. The molecule has 0 aliphatic heterocycles. The number of halogens is 1. The van der Waals surface area contributed by atoms with Crippen LogP contribution in [-0.2, 0) is 16.1 Å². The Bertz CT molecular complexity index is 740. The molecule has 0 saturated heterocycles. The van der Waals surface area contributed by atoms with E-state index in [1.54, 1.807) is 13.3 Å². The molecular weight excluding hydrogens is 340 g/mol. The number of hydrogen-bond donors (Lipinski definition) is 0. The molecule has 0 fully saturated rings. The average Bonchev–Trinajstić information content (AvgIpc) is 3.09. The topological polar surface area (TPSA) is 74.7 Å². The van der Waals surface area contributed by atoms with Crippen LogP contribution in [-0.4, -0.2) is 39.8 Å². The highest BCUT2D eigenvalue weighted by molar-refractivity contribution is 9.10. The molecule has 0 unspecified atom stereocenters. The number of hydrogen-bond acceptors (Lipinski definition) is 6. The van der Waals surface area contributed by atoms with Gasteiger partial charge in [0.15, 0.2) is 0 Å². The second-order valence-corrected chi connectivity index (χ2v) is 5.19. The third-order valence-corrected chi connectivity index (χ3v) is 3.29. The van der Waals surface area contributed by atoms with E-state index in [1.165, 1.54) is 0 Å². The Labute approximate surface area is 129 Å². The molecule has 0 spiro atoms. The van der Waals surface area contributed by atoms with Gasteiger partial charge in [0.05, 0.1) is 19.4 Å². The lowest BCUT2D eigenvalue weighted by atomic mass is 10.4. The van der Waals surface area contributed by atoms with Crippen molar-refractivity contribution in [2.45, 2.75) is 6.61 Å². The lowest BCUT2D eigenvalue weighted by molar-refractivity contribution is 0.0494. The molecule has 110 valence electrons. The van der Waals surface area contributed by atoms with Crippen molar-refractivity contribution < 1.29 is 14.0 Å². The van der Waals surface area contributed by atoms with Crippen molar-refractivity contribution in [1.29, 1.82) is 0 Å². The van der Waals surface area contributed by atoms with Crippen LogP contribution in [0.15, 0.2) is 33.5 Å². The van der Waals surface area contributed by atoms with E-state index in [0.717, 1.165) is 15.8 Å². The van der Waals surface area contributed by atoms with Gasteiger partial charge in [-0.25, -0.2) is 4.98 Å². The van der Waals surface area contributed by atoms with Gasteiger partial charge in [0.25, 0.3) is 5.89 Å². The minimum Gasteiger partial charge on any atom is -0.382 e. The number of imidazole rings is 1. The SMILES string of the molecule is COCCOCc1nc(-c2cnc3ccc(Br)cn23)no1. The molecule has 0 bridgehead atoms. The van der Waals surface area contributed by atoms with E-state index in [9.17, 15) is 0 Å². The Kier molecular flexibility index (Phi) is 4.28. The first-order valence-electron chi connectivity index (χ1n) is 6.30. The van der Waals surface area contributed by atoms with Crippen molar-refractivity contribution in [3.8, 4) is 11.5 Å². The molecule has 21 heavy (non-hydrogen) atoms. The molecule has 3 aromatic heterocycles. The molecule has 7 nitrogen and oxygen atoms in total. The van der Waals surface area contributed by atoms with E-state index in [2.05, 4.69) is 31.1 Å². The molecule has 0 aliphatic carbocycles. The van der Waals surface area contributed by atoms with Crippen LogP contribution < -0.4 is 0 Å². The zero-order valence-electron chi connectivity index (χ0n) is 11.3. The molecule has 0 radical (unpaired) electrons. The summed E-state index contributed by atoms with van der Waals surface area (Å²) in [5.74, 6) is 0.900. The van der Waals surface area contributed by atoms with E-state index in [1.807, 2.05) is 22.7 Å². The molecule has 0 N–H and O–H groups in total. The van der Waals surface area contributed by atoms with Gasteiger partial charge in [0.2, 0.25) is 5.82 Å². The van der Waals surface area contributed by atoms with Gasteiger partial charge in [-0.15, -0.1) is 0 Å². The molecule has 3 heterocycles. The number of ether oxygens (including phenoxy) is 2. The van der Waals surface area contributed by atoms with Gasteiger partial charge in [-0.05, 0) is 28.1 Å². The van der Waals surface area contributed by atoms with E-state index in [-0.39, 0.29) is 6.61 Å². The summed E-state index contributed by atoms with van der Waals surface area (Å²) in [6, 6.07) is 3.83. The summed E-state index contributed by atoms with van der Waals surface area (Å²) in [5, 5.41) is 3.96. The lowest BCUT2D eigenvalue weighted by Crippen LogP contribution is -2.01. The largest absolute Gasteiger partial charge is 0.382 e. The van der Waals surface area contributed by atoms with Crippen LogP contribution >= 0.6 is 15.9 Å². The second-order valence-electron chi connectivity index (χ2n) is 4.28. The molecule has 0 atom stereocenters. The number of nitrogens with zero attached hydrogens (tertiary/aromatic N) is 4. The minimum atomic E-state index is 0.261. The smallest absolute Gasteiger partial charge is 0.253 e. The van der Waals surface area contributed by atoms with E-state index in [4.69, 9.17) is 14.0 Å². The van der Waals surface area contributed by atoms with Crippen LogP contribution in [0.4, 0.5) is 0 Å². The summed E-state index contributed by atoms with van der Waals surface area (Å²) in [7, 11) is 1.62. The summed E-state index contributed by atoms with van der Waals surface area (Å²) in [6.45, 7) is 1.27. The van der Waals surface area contributed by atoms with Crippen LogP contribution in [0.5, 0.6) is 0 Å². The number of rotatable bonds is 6. The fourth-order valence-corrected chi connectivity index (χ4v) is 2.18. The molecule has 0 saturated carbocycles. The zero-order chi connectivity index (χ0) is 14.7. The van der Waals surface area contributed by atoms with E-state index < -0.39 is 0 Å². The van der Waals surface area contributed by atoms with Crippen molar-refractivity contribution in [2.75, 3.05) is 20.3 Å². The first-order valence-corrected chi connectivity index (χ1v) is 7.09. The Morgan fingerprint density at radius 3 is 3.10 bits per heavy atom. The molecule has 8 heteroatoms. The Balaban J connectivity index is 1.80. The molecule has 0 aliphatic rings. The molecule has 3 rings (SSSR count). The van der Waals surface area contributed by atoms with Crippen LogP contribution in [0.2, 0.25) is 0 Å². The second kappa shape index (κ2) is 6.33. The van der Waals surface area contributed by atoms with Crippen molar-refractivity contribution in [3.63, 3.8) is 0 Å². The highest BCUT2D eigenvalue weighted by Gasteiger charge is 2.13. The van der Waals surface area contributed by atoms with Gasteiger partial charge in [-0.3, -0.25) is 4.40 Å². The van der Waals surface area contributed by atoms with Gasteiger partial charge >= 0.3 is 0 Å². The fraction of sp³-hybridized carbons (Fsp3) is 0.308. The standard InChI is InChI=1S/C13H13BrN4O3/c1-19-4-5-20-8-12-16-13(17-21-12)10-6-15-11-3-2-9(14)7-18(10)11/h2-3,6-7H,4-5,8H2,1H3. The Morgan fingerprint density at radius 1 is 1.33 bits per heavy atom. The Hall–Kier alpha value is -1.77. The monoisotopic (exact) mass is 352 g/mol. The van der Waals surface area contributed by atoms with Crippen LogP contribution in [0, 0.1) is 0 Å². The third kappa shape index (κ3) is 3.12. The summed E-state index contributed by atoms with van der Waals surface area (Å²) < 4.78 is 18.2. The quantitative estimate of drug-likeness (QED) is 0.633. The zero-order valence-corrected chi connectivity index (χ0v) is 12.9. The number of pyridine rings is 1. The van der Waals surface area contributed by atoms with Gasteiger partial charge in [0.1, 0.15) is 17.9 Å². The number of fused-ring (bicyclic) bond motifs is 1. The first kappa shape index (κ1) is 14.2. The maximum absolute atomic E-state index is 5.35. The summed E-state index contributed by atoms with van der Waals surface area (Å²) in [5.41, 5.74) is 1.58. The highest BCUT2D eigenvalue weighted by Crippen LogP contribution is 2.20. The summed E-state index contributed by atoms with van der Waals surface area (Å²) >= 11 is 3.43. The van der Waals surface area contributed by atoms with Crippen molar-refractivity contribution in [2.24, 2.45) is 0 Å². The lowest BCUT2D eigenvalue weighted by Gasteiger charge is -1.98. The van der Waals surface area contributed by atoms with Crippen molar-refractivity contribution >= 4 is 21.6 Å². The summed E-state index contributed by atoms with van der Waals surface area (Å²) in [4.78, 5) is 8.62. The van der Waals surface area contributed by atoms with Gasteiger partial charge in [-0.1, -0.05) is 5.16 Å². The predicted octanol–water partition coefficient (Wildman–Crippen LogP) is 2.31. The van der Waals surface area contributed by atoms with Crippen molar-refractivity contribution in [3.05, 3.63) is 34.9 Å². The summed E-state index contributed by atoms with van der Waals surface area (Å²) in [6.07, 6.45) is 3.62. The highest BCUT2D eigenvalue weighted by atomic mass is 79.9. The van der Waals surface area contributed by atoms with Gasteiger partial charge in [0, 0.05) is 17.8 Å². The molecule has 0 aromatic carbocycles. The van der Waals surface area contributed by atoms with Crippen LogP contribution in [0.3, 0.4) is 0 Å².